The lowest BCUT2D eigenvalue weighted by Crippen LogP contribution is -2.44. The largest absolute Gasteiger partial charge is 0.379 e. The molecule has 2 fully saturated rings. The number of nitrogens with zero attached hydrogens (tertiary/aromatic N) is 1. The molecule has 2 N–H and O–H groups in total. The van der Waals surface area contributed by atoms with E-state index in [2.05, 4.69) is 15.5 Å². The molecule has 1 aromatic carbocycles. The van der Waals surface area contributed by atoms with Crippen molar-refractivity contribution in [3.05, 3.63) is 35.6 Å². The highest BCUT2D eigenvalue weighted by Gasteiger charge is 2.26. The van der Waals surface area contributed by atoms with Crippen molar-refractivity contribution in [3.8, 4) is 0 Å². The van der Waals surface area contributed by atoms with Crippen LogP contribution in [0, 0.1) is 11.7 Å². The first-order valence-corrected chi connectivity index (χ1v) is 8.30. The first-order valence-electron chi connectivity index (χ1n) is 8.30. The fourth-order valence-corrected chi connectivity index (χ4v) is 3.25. The van der Waals surface area contributed by atoms with Crippen LogP contribution in [-0.4, -0.2) is 56.7 Å². The van der Waals surface area contributed by atoms with Crippen molar-refractivity contribution in [3.63, 3.8) is 0 Å². The van der Waals surface area contributed by atoms with E-state index in [1.807, 2.05) is 0 Å². The molecule has 0 aliphatic carbocycles. The molecule has 0 saturated carbocycles. The monoisotopic (exact) mass is 393 g/mol. The van der Waals surface area contributed by atoms with Crippen LogP contribution < -0.4 is 10.6 Å². The van der Waals surface area contributed by atoms with Gasteiger partial charge >= 0.3 is 0 Å². The van der Waals surface area contributed by atoms with Crippen LogP contribution >= 0.6 is 24.8 Å². The smallest absolute Gasteiger partial charge is 0.224 e. The summed E-state index contributed by atoms with van der Waals surface area (Å²) in [5, 5.41) is 6.29. The molecule has 0 spiro atoms. The van der Waals surface area contributed by atoms with Crippen molar-refractivity contribution in [2.75, 3.05) is 45.9 Å². The number of halogens is 3. The SMILES string of the molecule is Cl.Cl.O=C(NCC(c1ccc(F)cc1)N1CCOCC1)C1CCNC1. The standard InChI is InChI=1S/C17H24FN3O2.2ClH/c18-15-3-1-13(2-4-15)16(21-7-9-23-10-8-21)12-20-17(22)14-5-6-19-11-14;;/h1-4,14,16,19H,5-12H2,(H,20,22);2*1H. The van der Waals surface area contributed by atoms with E-state index in [-0.39, 0.29) is 48.5 Å². The van der Waals surface area contributed by atoms with Crippen molar-refractivity contribution in [1.82, 2.24) is 15.5 Å². The number of ether oxygens (including phenoxy) is 1. The van der Waals surface area contributed by atoms with Gasteiger partial charge in [0.05, 0.1) is 25.2 Å². The Labute approximate surface area is 160 Å². The number of morpholine rings is 1. The van der Waals surface area contributed by atoms with Crippen LogP contribution in [0.5, 0.6) is 0 Å². The lowest BCUT2D eigenvalue weighted by molar-refractivity contribution is -0.124. The average molecular weight is 394 g/mol. The van der Waals surface area contributed by atoms with E-state index in [0.29, 0.717) is 19.8 Å². The molecule has 2 heterocycles. The van der Waals surface area contributed by atoms with E-state index in [4.69, 9.17) is 4.74 Å². The molecule has 2 saturated heterocycles. The highest BCUT2D eigenvalue weighted by molar-refractivity contribution is 5.85. The van der Waals surface area contributed by atoms with E-state index in [9.17, 15) is 9.18 Å². The molecule has 1 aromatic rings. The fourth-order valence-electron chi connectivity index (χ4n) is 3.25. The third-order valence-corrected chi connectivity index (χ3v) is 4.64. The molecule has 8 heteroatoms. The van der Waals surface area contributed by atoms with Gasteiger partial charge in [0.25, 0.3) is 0 Å². The number of carbonyl (C=O) groups is 1. The lowest BCUT2D eigenvalue weighted by Gasteiger charge is -2.35. The van der Waals surface area contributed by atoms with Gasteiger partial charge in [0.2, 0.25) is 5.91 Å². The summed E-state index contributed by atoms with van der Waals surface area (Å²) in [6, 6.07) is 6.62. The van der Waals surface area contributed by atoms with Crippen LogP contribution in [0.25, 0.3) is 0 Å². The topological polar surface area (TPSA) is 53.6 Å². The first kappa shape index (κ1) is 22.1. The van der Waals surface area contributed by atoms with Gasteiger partial charge in [-0.25, -0.2) is 4.39 Å². The Kier molecular flexibility index (Phi) is 9.67. The van der Waals surface area contributed by atoms with Crippen molar-refractivity contribution in [2.45, 2.75) is 12.5 Å². The van der Waals surface area contributed by atoms with Gasteiger partial charge in [0.15, 0.2) is 0 Å². The van der Waals surface area contributed by atoms with Crippen LogP contribution in [0.3, 0.4) is 0 Å². The van der Waals surface area contributed by atoms with E-state index >= 15 is 0 Å². The third-order valence-electron chi connectivity index (χ3n) is 4.64. The maximum atomic E-state index is 13.2. The number of hydrogen-bond donors (Lipinski definition) is 2. The second kappa shape index (κ2) is 10.9. The highest BCUT2D eigenvalue weighted by atomic mass is 35.5. The van der Waals surface area contributed by atoms with E-state index in [1.54, 1.807) is 12.1 Å². The van der Waals surface area contributed by atoms with Gasteiger partial charge < -0.3 is 15.4 Å². The zero-order valence-corrected chi connectivity index (χ0v) is 15.7. The van der Waals surface area contributed by atoms with E-state index in [1.165, 1.54) is 12.1 Å². The molecule has 142 valence electrons. The molecular formula is C17H26Cl2FN3O2. The normalized spacial score (nSPS) is 21.7. The molecule has 1 amide bonds. The maximum Gasteiger partial charge on any atom is 0.224 e. The Balaban J connectivity index is 0.00000156. The summed E-state index contributed by atoms with van der Waals surface area (Å²) < 4.78 is 18.6. The zero-order chi connectivity index (χ0) is 16.1. The molecule has 2 aliphatic heterocycles. The molecule has 0 aromatic heterocycles. The summed E-state index contributed by atoms with van der Waals surface area (Å²) in [5.74, 6) is -0.0699. The van der Waals surface area contributed by atoms with Crippen molar-refractivity contribution in [1.29, 1.82) is 0 Å². The predicted molar refractivity (Wildman–Crippen MR) is 100 cm³/mol. The van der Waals surface area contributed by atoms with Gasteiger partial charge in [0.1, 0.15) is 5.82 Å². The molecule has 0 radical (unpaired) electrons. The third kappa shape index (κ3) is 6.08. The van der Waals surface area contributed by atoms with Gasteiger partial charge in [-0.3, -0.25) is 9.69 Å². The number of nitrogens with one attached hydrogen (secondary N) is 2. The van der Waals surface area contributed by atoms with Gasteiger partial charge in [0, 0.05) is 26.2 Å². The minimum absolute atomic E-state index is 0. The number of benzene rings is 1. The van der Waals surface area contributed by atoms with Gasteiger partial charge in [-0.05, 0) is 30.7 Å². The predicted octanol–water partition coefficient (Wildman–Crippen LogP) is 1.77. The van der Waals surface area contributed by atoms with Gasteiger partial charge in [-0.1, -0.05) is 12.1 Å². The van der Waals surface area contributed by atoms with E-state index in [0.717, 1.165) is 38.2 Å². The molecule has 25 heavy (non-hydrogen) atoms. The zero-order valence-electron chi connectivity index (χ0n) is 14.1. The Morgan fingerprint density at radius 1 is 1.28 bits per heavy atom. The van der Waals surface area contributed by atoms with Gasteiger partial charge in [-0.2, -0.15) is 0 Å². The number of amides is 1. The van der Waals surface area contributed by atoms with Crippen molar-refractivity contribution < 1.29 is 13.9 Å². The van der Waals surface area contributed by atoms with Crippen LogP contribution in [0.2, 0.25) is 0 Å². The summed E-state index contributed by atoms with van der Waals surface area (Å²) in [6.07, 6.45) is 0.893. The summed E-state index contributed by atoms with van der Waals surface area (Å²) in [5.41, 5.74) is 1.03. The Morgan fingerprint density at radius 2 is 1.96 bits per heavy atom. The van der Waals surface area contributed by atoms with Crippen molar-refractivity contribution >= 4 is 30.7 Å². The molecule has 0 bridgehead atoms. The molecule has 2 aliphatic rings. The molecule has 3 rings (SSSR count). The van der Waals surface area contributed by atoms with Crippen LogP contribution in [0.1, 0.15) is 18.0 Å². The van der Waals surface area contributed by atoms with Crippen LogP contribution in [0.4, 0.5) is 4.39 Å². The van der Waals surface area contributed by atoms with E-state index < -0.39 is 0 Å². The Hall–Kier alpha value is -0.920. The summed E-state index contributed by atoms with van der Waals surface area (Å²) >= 11 is 0. The number of rotatable bonds is 5. The molecule has 2 atom stereocenters. The quantitative estimate of drug-likeness (QED) is 0.800. The summed E-state index contributed by atoms with van der Waals surface area (Å²) in [7, 11) is 0. The van der Waals surface area contributed by atoms with Gasteiger partial charge in [-0.15, -0.1) is 24.8 Å². The summed E-state index contributed by atoms with van der Waals surface area (Å²) in [6.45, 7) is 5.23. The maximum absolute atomic E-state index is 13.2. The second-order valence-electron chi connectivity index (χ2n) is 6.15. The number of carbonyl (C=O) groups excluding carboxylic acids is 1. The number of hydrogen-bond acceptors (Lipinski definition) is 4. The minimum Gasteiger partial charge on any atom is -0.379 e. The molecular weight excluding hydrogens is 368 g/mol. The fraction of sp³-hybridized carbons (Fsp3) is 0.588. The molecule has 5 nitrogen and oxygen atoms in total. The second-order valence-corrected chi connectivity index (χ2v) is 6.15. The Morgan fingerprint density at radius 3 is 2.56 bits per heavy atom. The first-order chi connectivity index (χ1) is 11.2. The molecule has 2 unspecified atom stereocenters. The highest BCUT2D eigenvalue weighted by Crippen LogP contribution is 2.22. The average Bonchev–Trinajstić information content (AvgIpc) is 3.12. The lowest BCUT2D eigenvalue weighted by atomic mass is 10.0. The van der Waals surface area contributed by atoms with Crippen LogP contribution in [-0.2, 0) is 9.53 Å². The summed E-state index contributed by atoms with van der Waals surface area (Å²) in [4.78, 5) is 14.6. The van der Waals surface area contributed by atoms with Crippen molar-refractivity contribution in [2.24, 2.45) is 5.92 Å². The van der Waals surface area contributed by atoms with Crippen LogP contribution in [0.15, 0.2) is 24.3 Å². The Bertz CT molecular complexity index is 521. The minimum atomic E-state index is -0.240.